The number of benzene rings is 1. The summed E-state index contributed by atoms with van der Waals surface area (Å²) >= 11 is 0. The fourth-order valence-corrected chi connectivity index (χ4v) is 1.39. The number of esters is 1. The smallest absolute Gasteiger partial charge is 0.337 e. The van der Waals surface area contributed by atoms with Gasteiger partial charge in [-0.3, -0.25) is 0 Å². The number of halogens is 1. The maximum Gasteiger partial charge on any atom is 0.337 e. The molecule has 0 aliphatic carbocycles. The number of nitrogens with zero attached hydrogens (tertiary/aromatic N) is 2. The standard InChI is InChI=1S/C11H10FN3O3/c1-17-11(16)6-2-3-7(8(12)4-6)10-14-9(5-13)18-15-10/h2-4H,5,13H2,1H3. The second kappa shape index (κ2) is 4.92. The van der Waals surface area contributed by atoms with Gasteiger partial charge in [0.1, 0.15) is 5.82 Å². The van der Waals surface area contributed by atoms with Gasteiger partial charge in [0.2, 0.25) is 11.7 Å². The maximum absolute atomic E-state index is 13.8. The lowest BCUT2D eigenvalue weighted by atomic mass is 10.1. The van der Waals surface area contributed by atoms with E-state index < -0.39 is 11.8 Å². The van der Waals surface area contributed by atoms with Gasteiger partial charge in [0.25, 0.3) is 0 Å². The summed E-state index contributed by atoms with van der Waals surface area (Å²) in [7, 11) is 1.22. The molecule has 2 rings (SSSR count). The van der Waals surface area contributed by atoms with Crippen LogP contribution in [0.5, 0.6) is 0 Å². The zero-order chi connectivity index (χ0) is 13.1. The summed E-state index contributed by atoms with van der Waals surface area (Å²) < 4.78 is 23.0. The minimum atomic E-state index is -0.637. The predicted octanol–water partition coefficient (Wildman–Crippen LogP) is 1.12. The Morgan fingerprint density at radius 2 is 2.33 bits per heavy atom. The minimum Gasteiger partial charge on any atom is -0.465 e. The molecule has 18 heavy (non-hydrogen) atoms. The number of hydrogen-bond donors (Lipinski definition) is 1. The van der Waals surface area contributed by atoms with Gasteiger partial charge in [0.15, 0.2) is 0 Å². The molecule has 0 aliphatic heterocycles. The van der Waals surface area contributed by atoms with Crippen LogP contribution in [0.4, 0.5) is 4.39 Å². The first kappa shape index (κ1) is 12.2. The normalized spacial score (nSPS) is 10.4. The molecule has 0 aliphatic rings. The van der Waals surface area contributed by atoms with Crippen LogP contribution < -0.4 is 5.73 Å². The van der Waals surface area contributed by atoms with Crippen molar-refractivity contribution in [1.82, 2.24) is 10.1 Å². The Morgan fingerprint density at radius 1 is 1.56 bits per heavy atom. The Balaban J connectivity index is 2.38. The van der Waals surface area contributed by atoms with E-state index in [2.05, 4.69) is 14.9 Å². The summed E-state index contributed by atoms with van der Waals surface area (Å²) in [5, 5.41) is 3.59. The van der Waals surface area contributed by atoms with E-state index in [1.165, 1.54) is 19.2 Å². The number of methoxy groups -OCH3 is 1. The van der Waals surface area contributed by atoms with Crippen molar-refractivity contribution in [2.24, 2.45) is 5.73 Å². The highest BCUT2D eigenvalue weighted by atomic mass is 19.1. The van der Waals surface area contributed by atoms with Gasteiger partial charge in [-0.1, -0.05) is 5.16 Å². The van der Waals surface area contributed by atoms with E-state index in [1.54, 1.807) is 0 Å². The highest BCUT2D eigenvalue weighted by Gasteiger charge is 2.15. The molecule has 0 amide bonds. The van der Waals surface area contributed by atoms with Gasteiger partial charge in [-0.2, -0.15) is 4.98 Å². The summed E-state index contributed by atoms with van der Waals surface area (Å²) in [5.74, 6) is -0.954. The van der Waals surface area contributed by atoms with Crippen molar-refractivity contribution in [1.29, 1.82) is 0 Å². The Morgan fingerprint density at radius 3 is 2.89 bits per heavy atom. The predicted molar refractivity (Wildman–Crippen MR) is 58.9 cm³/mol. The summed E-state index contributed by atoms with van der Waals surface area (Å²) in [6, 6.07) is 3.86. The third kappa shape index (κ3) is 2.21. The largest absolute Gasteiger partial charge is 0.465 e. The molecule has 2 aromatic rings. The molecule has 1 aromatic carbocycles. The second-order valence-corrected chi connectivity index (χ2v) is 3.40. The van der Waals surface area contributed by atoms with Crippen molar-refractivity contribution in [2.75, 3.05) is 7.11 Å². The van der Waals surface area contributed by atoms with Crippen LogP contribution in [0, 0.1) is 5.82 Å². The van der Waals surface area contributed by atoms with Gasteiger partial charge in [0.05, 0.1) is 24.8 Å². The Labute approximate surface area is 102 Å². The fourth-order valence-electron chi connectivity index (χ4n) is 1.39. The van der Waals surface area contributed by atoms with Crippen LogP contribution in [0.1, 0.15) is 16.2 Å². The first-order valence-electron chi connectivity index (χ1n) is 5.06. The SMILES string of the molecule is COC(=O)c1ccc(-c2noc(CN)n2)c(F)c1. The topological polar surface area (TPSA) is 91.2 Å². The molecule has 6 nitrogen and oxygen atoms in total. The quantitative estimate of drug-likeness (QED) is 0.822. The number of nitrogens with two attached hydrogens (primary N) is 1. The number of rotatable bonds is 3. The van der Waals surface area contributed by atoms with E-state index in [9.17, 15) is 9.18 Å². The Bertz CT molecular complexity index is 583. The lowest BCUT2D eigenvalue weighted by Crippen LogP contribution is -2.02. The first-order valence-corrected chi connectivity index (χ1v) is 5.06. The monoisotopic (exact) mass is 251 g/mol. The van der Waals surface area contributed by atoms with Crippen LogP contribution in [-0.2, 0) is 11.3 Å². The van der Waals surface area contributed by atoms with Crippen molar-refractivity contribution < 1.29 is 18.4 Å². The third-order valence-corrected chi connectivity index (χ3v) is 2.27. The molecule has 0 spiro atoms. The van der Waals surface area contributed by atoms with Crippen LogP contribution >= 0.6 is 0 Å². The highest BCUT2D eigenvalue weighted by Crippen LogP contribution is 2.21. The van der Waals surface area contributed by atoms with Crippen LogP contribution in [0.2, 0.25) is 0 Å². The van der Waals surface area contributed by atoms with E-state index in [-0.39, 0.29) is 29.4 Å². The maximum atomic E-state index is 13.8. The lowest BCUT2D eigenvalue weighted by molar-refractivity contribution is 0.0600. The van der Waals surface area contributed by atoms with E-state index in [4.69, 9.17) is 10.3 Å². The van der Waals surface area contributed by atoms with Crippen LogP contribution in [0.3, 0.4) is 0 Å². The third-order valence-electron chi connectivity index (χ3n) is 2.27. The number of hydrogen-bond acceptors (Lipinski definition) is 6. The van der Waals surface area contributed by atoms with Gasteiger partial charge in [-0.25, -0.2) is 9.18 Å². The van der Waals surface area contributed by atoms with Crippen molar-refractivity contribution in [3.8, 4) is 11.4 Å². The molecule has 0 saturated carbocycles. The molecule has 0 unspecified atom stereocenters. The molecular weight excluding hydrogens is 241 g/mol. The molecule has 7 heteroatoms. The molecule has 2 N–H and O–H groups in total. The van der Waals surface area contributed by atoms with Crippen molar-refractivity contribution in [3.63, 3.8) is 0 Å². The molecule has 94 valence electrons. The summed E-state index contributed by atoms with van der Waals surface area (Å²) in [6.07, 6.45) is 0. The summed E-state index contributed by atoms with van der Waals surface area (Å²) in [5.41, 5.74) is 5.55. The van der Waals surface area contributed by atoms with E-state index >= 15 is 0 Å². The average Bonchev–Trinajstić information content (AvgIpc) is 2.86. The van der Waals surface area contributed by atoms with Crippen molar-refractivity contribution in [3.05, 3.63) is 35.5 Å². The summed E-state index contributed by atoms with van der Waals surface area (Å²) in [6.45, 7) is 0.0782. The Kier molecular flexibility index (Phi) is 3.33. The molecule has 0 fully saturated rings. The average molecular weight is 251 g/mol. The summed E-state index contributed by atoms with van der Waals surface area (Å²) in [4.78, 5) is 15.1. The lowest BCUT2D eigenvalue weighted by Gasteiger charge is -2.01. The molecule has 1 aromatic heterocycles. The van der Waals surface area contributed by atoms with E-state index in [0.29, 0.717) is 0 Å². The van der Waals surface area contributed by atoms with Gasteiger partial charge in [-0.05, 0) is 18.2 Å². The molecule has 0 bridgehead atoms. The first-order chi connectivity index (χ1) is 8.65. The minimum absolute atomic E-state index is 0.0782. The molecule has 0 saturated heterocycles. The number of aromatic nitrogens is 2. The van der Waals surface area contributed by atoms with Crippen molar-refractivity contribution in [2.45, 2.75) is 6.54 Å². The van der Waals surface area contributed by atoms with E-state index in [0.717, 1.165) is 6.07 Å². The fraction of sp³-hybridized carbons (Fsp3) is 0.182. The second-order valence-electron chi connectivity index (χ2n) is 3.40. The molecule has 0 radical (unpaired) electrons. The molecular formula is C11H10FN3O3. The zero-order valence-corrected chi connectivity index (χ0v) is 9.51. The molecule has 0 atom stereocenters. The zero-order valence-electron chi connectivity index (χ0n) is 9.51. The number of carbonyl (C=O) groups is 1. The van der Waals surface area contributed by atoms with Crippen LogP contribution in [0.25, 0.3) is 11.4 Å². The van der Waals surface area contributed by atoms with Gasteiger partial charge < -0.3 is 15.0 Å². The Hall–Kier alpha value is -2.28. The van der Waals surface area contributed by atoms with Crippen LogP contribution in [-0.4, -0.2) is 23.2 Å². The van der Waals surface area contributed by atoms with Gasteiger partial charge in [-0.15, -0.1) is 0 Å². The highest BCUT2D eigenvalue weighted by molar-refractivity contribution is 5.89. The van der Waals surface area contributed by atoms with Gasteiger partial charge in [0, 0.05) is 0 Å². The molecule has 1 heterocycles. The van der Waals surface area contributed by atoms with Gasteiger partial charge >= 0.3 is 5.97 Å². The van der Waals surface area contributed by atoms with E-state index in [1.807, 2.05) is 0 Å². The number of ether oxygens (including phenoxy) is 1. The van der Waals surface area contributed by atoms with Crippen molar-refractivity contribution >= 4 is 5.97 Å². The number of carbonyl (C=O) groups excluding carboxylic acids is 1. The van der Waals surface area contributed by atoms with Crippen LogP contribution in [0.15, 0.2) is 22.7 Å².